The minimum absolute atomic E-state index is 0.0104. The van der Waals surface area contributed by atoms with E-state index >= 15 is 0 Å². The number of esters is 1. The molecular formula is C11H14FN3O3. The Balaban J connectivity index is 3.15. The summed E-state index contributed by atoms with van der Waals surface area (Å²) in [4.78, 5) is 22.9. The Morgan fingerprint density at radius 3 is 2.56 bits per heavy atom. The van der Waals surface area contributed by atoms with Crippen LogP contribution in [0.4, 0.5) is 14.9 Å². The molecule has 0 heterocycles. The van der Waals surface area contributed by atoms with E-state index < -0.39 is 17.8 Å². The molecule has 0 unspecified atom stereocenters. The van der Waals surface area contributed by atoms with Crippen molar-refractivity contribution in [3.05, 3.63) is 29.1 Å². The van der Waals surface area contributed by atoms with Crippen LogP contribution >= 0.6 is 0 Å². The summed E-state index contributed by atoms with van der Waals surface area (Å²) in [5.74, 6) is -1.26. The summed E-state index contributed by atoms with van der Waals surface area (Å²) in [7, 11) is 2.70. The Morgan fingerprint density at radius 2 is 2.00 bits per heavy atom. The fraction of sp³-hybridized carbons (Fsp3) is 0.273. The van der Waals surface area contributed by atoms with Crippen molar-refractivity contribution in [1.82, 2.24) is 10.9 Å². The van der Waals surface area contributed by atoms with E-state index in [9.17, 15) is 14.0 Å². The molecule has 3 N–H and O–H groups in total. The number of hydrazine groups is 1. The largest absolute Gasteiger partial charge is 0.465 e. The maximum absolute atomic E-state index is 13.4. The van der Waals surface area contributed by atoms with Gasteiger partial charge in [-0.15, -0.1) is 0 Å². The summed E-state index contributed by atoms with van der Waals surface area (Å²) in [6.45, 7) is 1.43. The average Bonchev–Trinajstić information content (AvgIpc) is 2.33. The molecular weight excluding hydrogens is 241 g/mol. The molecule has 1 rings (SSSR count). The Morgan fingerprint density at radius 1 is 1.33 bits per heavy atom. The van der Waals surface area contributed by atoms with Crippen LogP contribution in [-0.4, -0.2) is 26.2 Å². The molecule has 0 aromatic heterocycles. The van der Waals surface area contributed by atoms with E-state index in [1.165, 1.54) is 27.1 Å². The highest BCUT2D eigenvalue weighted by Gasteiger charge is 2.19. The number of carbonyl (C=O) groups excluding carboxylic acids is 2. The quantitative estimate of drug-likeness (QED) is 0.559. The molecule has 0 atom stereocenters. The van der Waals surface area contributed by atoms with E-state index in [1.807, 2.05) is 0 Å². The molecule has 0 aliphatic rings. The van der Waals surface area contributed by atoms with Gasteiger partial charge in [0.25, 0.3) is 0 Å². The van der Waals surface area contributed by atoms with Crippen molar-refractivity contribution < 1.29 is 18.7 Å². The van der Waals surface area contributed by atoms with Crippen LogP contribution in [0.2, 0.25) is 0 Å². The first kappa shape index (κ1) is 13.9. The molecule has 1 aromatic carbocycles. The number of anilines is 1. The summed E-state index contributed by atoms with van der Waals surface area (Å²) >= 11 is 0. The molecule has 0 aliphatic heterocycles. The zero-order chi connectivity index (χ0) is 13.7. The number of rotatable bonds is 3. The molecule has 0 bridgehead atoms. The first-order valence-electron chi connectivity index (χ1n) is 5.12. The SMILES string of the molecule is CNNC(=O)Nc1ccc(F)c(C)c1C(=O)OC. The molecule has 18 heavy (non-hydrogen) atoms. The maximum atomic E-state index is 13.4. The monoisotopic (exact) mass is 255 g/mol. The molecule has 98 valence electrons. The van der Waals surface area contributed by atoms with Crippen molar-refractivity contribution in [2.24, 2.45) is 0 Å². The van der Waals surface area contributed by atoms with E-state index in [0.717, 1.165) is 6.07 Å². The number of hydrogen-bond donors (Lipinski definition) is 3. The number of amides is 2. The summed E-state index contributed by atoms with van der Waals surface area (Å²) in [6.07, 6.45) is 0. The number of hydrogen-bond acceptors (Lipinski definition) is 4. The standard InChI is InChI=1S/C11H14FN3O3/c1-6-7(12)4-5-8(9(6)10(16)18-3)14-11(17)15-13-2/h4-5,13H,1-3H3,(H2,14,15,17). The lowest BCUT2D eigenvalue weighted by Crippen LogP contribution is -2.38. The van der Waals surface area contributed by atoms with Gasteiger partial charge in [0.1, 0.15) is 5.82 Å². The van der Waals surface area contributed by atoms with Gasteiger partial charge >= 0.3 is 12.0 Å². The van der Waals surface area contributed by atoms with Crippen LogP contribution in [0.3, 0.4) is 0 Å². The molecule has 2 amide bonds. The van der Waals surface area contributed by atoms with E-state index in [1.54, 1.807) is 0 Å². The van der Waals surface area contributed by atoms with Crippen LogP contribution in [-0.2, 0) is 4.74 Å². The topological polar surface area (TPSA) is 79.5 Å². The molecule has 7 heteroatoms. The average molecular weight is 255 g/mol. The van der Waals surface area contributed by atoms with Gasteiger partial charge in [-0.2, -0.15) is 0 Å². The van der Waals surface area contributed by atoms with Crippen LogP contribution in [0.5, 0.6) is 0 Å². The molecule has 0 saturated heterocycles. The lowest BCUT2D eigenvalue weighted by Gasteiger charge is -2.12. The molecule has 0 saturated carbocycles. The molecule has 0 radical (unpaired) electrons. The number of benzene rings is 1. The Hall–Kier alpha value is -2.15. The summed E-state index contributed by atoms with van der Waals surface area (Å²) < 4.78 is 18.0. The van der Waals surface area contributed by atoms with E-state index in [4.69, 9.17) is 0 Å². The van der Waals surface area contributed by atoms with Crippen LogP contribution < -0.4 is 16.2 Å². The normalized spacial score (nSPS) is 9.78. The smallest absolute Gasteiger partial charge is 0.340 e. The molecule has 1 aromatic rings. The molecule has 0 aliphatic carbocycles. The van der Waals surface area contributed by atoms with Crippen molar-refractivity contribution in [2.45, 2.75) is 6.92 Å². The Kier molecular flexibility index (Phi) is 4.61. The number of carbonyl (C=O) groups is 2. The highest BCUT2D eigenvalue weighted by Crippen LogP contribution is 2.23. The second-order valence-electron chi connectivity index (χ2n) is 3.42. The number of urea groups is 1. The van der Waals surface area contributed by atoms with Gasteiger partial charge in [-0.25, -0.2) is 19.4 Å². The van der Waals surface area contributed by atoms with Crippen molar-refractivity contribution in [1.29, 1.82) is 0 Å². The first-order chi connectivity index (χ1) is 8.51. The van der Waals surface area contributed by atoms with Gasteiger partial charge in [-0.05, 0) is 19.1 Å². The van der Waals surface area contributed by atoms with Gasteiger partial charge in [0, 0.05) is 12.6 Å². The molecule has 0 spiro atoms. The number of halogens is 1. The van der Waals surface area contributed by atoms with Gasteiger partial charge in [-0.3, -0.25) is 5.43 Å². The highest BCUT2D eigenvalue weighted by atomic mass is 19.1. The van der Waals surface area contributed by atoms with Gasteiger partial charge in [0.2, 0.25) is 0 Å². The summed E-state index contributed by atoms with van der Waals surface area (Å²) in [5.41, 5.74) is 4.97. The second kappa shape index (κ2) is 5.97. The predicted octanol–water partition coefficient (Wildman–Crippen LogP) is 1.18. The summed E-state index contributed by atoms with van der Waals surface area (Å²) in [6, 6.07) is 1.88. The lowest BCUT2D eigenvalue weighted by atomic mass is 10.1. The fourth-order valence-corrected chi connectivity index (χ4v) is 1.42. The third-order valence-electron chi connectivity index (χ3n) is 2.28. The van der Waals surface area contributed by atoms with Gasteiger partial charge in [-0.1, -0.05) is 0 Å². The Bertz CT molecular complexity index is 477. The van der Waals surface area contributed by atoms with E-state index in [0.29, 0.717) is 0 Å². The minimum atomic E-state index is -0.716. The van der Waals surface area contributed by atoms with Crippen molar-refractivity contribution in [3.8, 4) is 0 Å². The Labute approximate surface area is 103 Å². The third-order valence-corrected chi connectivity index (χ3v) is 2.28. The zero-order valence-corrected chi connectivity index (χ0v) is 10.3. The van der Waals surface area contributed by atoms with Crippen LogP contribution in [0.25, 0.3) is 0 Å². The van der Waals surface area contributed by atoms with E-state index in [2.05, 4.69) is 20.9 Å². The van der Waals surface area contributed by atoms with Crippen molar-refractivity contribution in [3.63, 3.8) is 0 Å². The van der Waals surface area contributed by atoms with Gasteiger partial charge < -0.3 is 10.1 Å². The summed E-state index contributed by atoms with van der Waals surface area (Å²) in [5, 5.41) is 2.41. The van der Waals surface area contributed by atoms with Crippen molar-refractivity contribution >= 4 is 17.7 Å². The maximum Gasteiger partial charge on any atom is 0.340 e. The van der Waals surface area contributed by atoms with Crippen LogP contribution in [0.15, 0.2) is 12.1 Å². The highest BCUT2D eigenvalue weighted by molar-refractivity contribution is 6.01. The molecule has 0 fully saturated rings. The van der Waals surface area contributed by atoms with Gasteiger partial charge in [0.05, 0.1) is 18.4 Å². The number of nitrogens with one attached hydrogen (secondary N) is 3. The van der Waals surface area contributed by atoms with Crippen LogP contribution in [0, 0.1) is 12.7 Å². The van der Waals surface area contributed by atoms with E-state index in [-0.39, 0.29) is 16.8 Å². The minimum Gasteiger partial charge on any atom is -0.465 e. The number of ether oxygens (including phenoxy) is 1. The number of methoxy groups -OCH3 is 1. The van der Waals surface area contributed by atoms with Crippen molar-refractivity contribution in [2.75, 3.05) is 19.5 Å². The second-order valence-corrected chi connectivity index (χ2v) is 3.42. The predicted molar refractivity (Wildman–Crippen MR) is 63.7 cm³/mol. The first-order valence-corrected chi connectivity index (χ1v) is 5.12. The third kappa shape index (κ3) is 2.95. The van der Waals surface area contributed by atoms with Crippen LogP contribution in [0.1, 0.15) is 15.9 Å². The van der Waals surface area contributed by atoms with Gasteiger partial charge in [0.15, 0.2) is 0 Å². The lowest BCUT2D eigenvalue weighted by molar-refractivity contribution is 0.0600. The zero-order valence-electron chi connectivity index (χ0n) is 10.3. The fourth-order valence-electron chi connectivity index (χ4n) is 1.42. The molecule has 6 nitrogen and oxygen atoms in total.